The molecular weight excluding hydrogens is 426 g/mol. The summed E-state index contributed by atoms with van der Waals surface area (Å²) < 4.78 is 22.2. The fourth-order valence-corrected chi connectivity index (χ4v) is 4.47. The van der Waals surface area contributed by atoms with Gasteiger partial charge in [-0.25, -0.2) is 0 Å². The summed E-state index contributed by atoms with van der Waals surface area (Å²) in [5.41, 5.74) is 4.14. The van der Waals surface area contributed by atoms with Gasteiger partial charge in [-0.1, -0.05) is 53.7 Å². The average Bonchev–Trinajstić information content (AvgIpc) is 3.50. The van der Waals surface area contributed by atoms with Crippen LogP contribution in [0.3, 0.4) is 0 Å². The molecule has 0 aliphatic heterocycles. The van der Waals surface area contributed by atoms with Crippen molar-refractivity contribution in [1.82, 2.24) is 5.16 Å². The zero-order chi connectivity index (χ0) is 22.9. The Kier molecular flexibility index (Phi) is 6.11. The highest BCUT2D eigenvalue weighted by Gasteiger charge is 2.52. The van der Waals surface area contributed by atoms with Crippen LogP contribution in [0.1, 0.15) is 41.4 Å². The summed E-state index contributed by atoms with van der Waals surface area (Å²) in [5, 5.41) is 3.94. The Bertz CT molecular complexity index is 1170. The minimum atomic E-state index is -1.24. The van der Waals surface area contributed by atoms with E-state index in [9.17, 15) is 13.8 Å². The number of carbonyl (C=O) groups excluding carboxylic acids is 2. The lowest BCUT2D eigenvalue weighted by Crippen LogP contribution is -2.23. The standard InChI is InChI=1S/C25H25NO5S/c1-4-30-24(28)25(13-14-25)20-11-9-18(10-12-20)17-5-7-19(8-6-17)23-22(16(2)26-31-23)21(27)15-32(3)29/h5-12H,4,13-15H2,1-3H3. The largest absolute Gasteiger partial charge is 0.465 e. The monoisotopic (exact) mass is 451 g/mol. The van der Waals surface area contributed by atoms with Crippen LogP contribution < -0.4 is 0 Å². The first kappa shape index (κ1) is 22.1. The van der Waals surface area contributed by atoms with Crippen molar-refractivity contribution in [3.05, 3.63) is 65.4 Å². The predicted molar refractivity (Wildman–Crippen MR) is 123 cm³/mol. The number of hydrogen-bond acceptors (Lipinski definition) is 6. The van der Waals surface area contributed by atoms with Gasteiger partial charge in [-0.2, -0.15) is 0 Å². The molecule has 1 atom stereocenters. The van der Waals surface area contributed by atoms with Gasteiger partial charge in [0.25, 0.3) is 0 Å². The van der Waals surface area contributed by atoms with Crippen LogP contribution in [0.25, 0.3) is 22.5 Å². The highest BCUT2D eigenvalue weighted by molar-refractivity contribution is 7.85. The molecule has 1 aliphatic rings. The third kappa shape index (κ3) is 4.17. The second-order valence-electron chi connectivity index (χ2n) is 8.07. The van der Waals surface area contributed by atoms with Crippen LogP contribution in [0, 0.1) is 6.92 Å². The fraction of sp³-hybridized carbons (Fsp3) is 0.320. The first-order valence-corrected chi connectivity index (χ1v) is 12.3. The van der Waals surface area contributed by atoms with Gasteiger partial charge in [0.15, 0.2) is 11.5 Å². The fourth-order valence-electron chi connectivity index (χ4n) is 3.95. The van der Waals surface area contributed by atoms with E-state index in [0.717, 1.165) is 35.1 Å². The lowest BCUT2D eigenvalue weighted by atomic mass is 9.93. The number of benzene rings is 2. The van der Waals surface area contributed by atoms with Crippen LogP contribution >= 0.6 is 0 Å². The molecule has 0 N–H and O–H groups in total. The van der Waals surface area contributed by atoms with Crippen molar-refractivity contribution in [2.75, 3.05) is 18.6 Å². The van der Waals surface area contributed by atoms with Crippen LogP contribution in [0.2, 0.25) is 0 Å². The van der Waals surface area contributed by atoms with Crippen molar-refractivity contribution in [3.63, 3.8) is 0 Å². The average molecular weight is 452 g/mol. The Balaban J connectivity index is 1.56. The molecule has 7 heteroatoms. The number of carbonyl (C=O) groups is 2. The van der Waals surface area contributed by atoms with Crippen molar-refractivity contribution in [2.45, 2.75) is 32.1 Å². The van der Waals surface area contributed by atoms with E-state index in [1.165, 1.54) is 6.26 Å². The zero-order valence-electron chi connectivity index (χ0n) is 18.3. The van der Waals surface area contributed by atoms with Gasteiger partial charge in [-0.05, 0) is 43.4 Å². The minimum Gasteiger partial charge on any atom is -0.465 e. The molecule has 0 amide bonds. The number of aromatic nitrogens is 1. The highest BCUT2D eigenvalue weighted by atomic mass is 32.2. The number of hydrogen-bond donors (Lipinski definition) is 0. The van der Waals surface area contributed by atoms with Crippen molar-refractivity contribution < 1.29 is 23.1 Å². The molecule has 1 aromatic heterocycles. The lowest BCUT2D eigenvalue weighted by molar-refractivity contribution is -0.146. The van der Waals surface area contributed by atoms with Crippen molar-refractivity contribution >= 4 is 22.6 Å². The highest BCUT2D eigenvalue weighted by Crippen LogP contribution is 2.49. The summed E-state index contributed by atoms with van der Waals surface area (Å²) in [4.78, 5) is 24.8. The molecule has 0 bridgehead atoms. The summed E-state index contributed by atoms with van der Waals surface area (Å²) in [6.45, 7) is 3.92. The summed E-state index contributed by atoms with van der Waals surface area (Å²) in [6.07, 6.45) is 3.14. The molecule has 1 saturated carbocycles. The van der Waals surface area contributed by atoms with E-state index in [1.54, 1.807) is 6.92 Å². The van der Waals surface area contributed by atoms with Crippen LogP contribution in [0.4, 0.5) is 0 Å². The number of Topliss-reactive ketones (excluding diaryl/α,β-unsaturated/α-hetero) is 1. The zero-order valence-corrected chi connectivity index (χ0v) is 19.2. The van der Waals surface area contributed by atoms with E-state index in [-0.39, 0.29) is 17.5 Å². The van der Waals surface area contributed by atoms with Crippen LogP contribution in [-0.2, 0) is 25.7 Å². The number of nitrogens with zero attached hydrogens (tertiary/aromatic N) is 1. The smallest absolute Gasteiger partial charge is 0.316 e. The lowest BCUT2D eigenvalue weighted by Gasteiger charge is -2.14. The first-order chi connectivity index (χ1) is 15.4. The quantitative estimate of drug-likeness (QED) is 0.371. The predicted octanol–water partition coefficient (Wildman–Crippen LogP) is 4.47. The molecule has 1 aliphatic carbocycles. The normalized spacial score (nSPS) is 15.2. The molecule has 1 fully saturated rings. The van der Waals surface area contributed by atoms with Gasteiger partial charge < -0.3 is 9.26 Å². The Labute approximate surface area is 189 Å². The van der Waals surface area contributed by atoms with Gasteiger partial charge in [0.1, 0.15) is 0 Å². The molecule has 166 valence electrons. The maximum absolute atomic E-state index is 12.5. The summed E-state index contributed by atoms with van der Waals surface area (Å²) in [7, 11) is -1.24. The number of esters is 1. The van der Waals surface area contributed by atoms with E-state index in [1.807, 2.05) is 55.5 Å². The van der Waals surface area contributed by atoms with E-state index in [2.05, 4.69) is 5.16 Å². The molecular formula is C25H25NO5S. The van der Waals surface area contributed by atoms with Gasteiger partial charge in [-0.15, -0.1) is 0 Å². The topological polar surface area (TPSA) is 86.5 Å². The molecule has 32 heavy (non-hydrogen) atoms. The van der Waals surface area contributed by atoms with E-state index >= 15 is 0 Å². The van der Waals surface area contributed by atoms with Gasteiger partial charge in [0, 0.05) is 22.6 Å². The van der Waals surface area contributed by atoms with Crippen molar-refractivity contribution in [2.24, 2.45) is 0 Å². The van der Waals surface area contributed by atoms with Crippen molar-refractivity contribution in [3.8, 4) is 22.5 Å². The Morgan fingerprint density at radius 1 is 1.03 bits per heavy atom. The maximum atomic E-state index is 12.5. The van der Waals surface area contributed by atoms with Gasteiger partial charge in [0.2, 0.25) is 0 Å². The molecule has 2 aromatic carbocycles. The van der Waals surface area contributed by atoms with E-state index < -0.39 is 16.2 Å². The van der Waals surface area contributed by atoms with Gasteiger partial charge >= 0.3 is 5.97 Å². The molecule has 0 spiro atoms. The van der Waals surface area contributed by atoms with Crippen molar-refractivity contribution in [1.29, 1.82) is 0 Å². The molecule has 1 unspecified atom stereocenters. The summed E-state index contributed by atoms with van der Waals surface area (Å²) in [5.74, 6) is -0.0521. The third-order valence-corrected chi connectivity index (χ3v) is 6.48. The third-order valence-electron chi connectivity index (χ3n) is 5.81. The molecule has 0 saturated heterocycles. The number of rotatable bonds is 8. The second-order valence-corrected chi connectivity index (χ2v) is 9.51. The maximum Gasteiger partial charge on any atom is 0.316 e. The first-order valence-electron chi connectivity index (χ1n) is 10.5. The SMILES string of the molecule is CCOC(=O)C1(c2ccc(-c3ccc(-c4onc(C)c4C(=O)CS(C)=O)cc3)cc2)CC1. The van der Waals surface area contributed by atoms with Crippen LogP contribution in [0.5, 0.6) is 0 Å². The molecule has 3 aromatic rings. The van der Waals surface area contributed by atoms with E-state index in [0.29, 0.717) is 23.6 Å². The Morgan fingerprint density at radius 3 is 2.12 bits per heavy atom. The Hall–Kier alpha value is -3.06. The van der Waals surface area contributed by atoms with Gasteiger partial charge in [-0.3, -0.25) is 13.8 Å². The Morgan fingerprint density at radius 2 is 1.59 bits per heavy atom. The summed E-state index contributed by atoms with van der Waals surface area (Å²) >= 11 is 0. The number of ether oxygens (including phenoxy) is 1. The van der Waals surface area contributed by atoms with E-state index in [4.69, 9.17) is 9.26 Å². The minimum absolute atomic E-state index is 0.0627. The molecule has 0 radical (unpaired) electrons. The molecule has 1 heterocycles. The molecule has 4 rings (SSSR count). The van der Waals surface area contributed by atoms with Crippen LogP contribution in [0.15, 0.2) is 53.1 Å². The second kappa shape index (κ2) is 8.82. The summed E-state index contributed by atoms with van der Waals surface area (Å²) in [6, 6.07) is 15.7. The van der Waals surface area contributed by atoms with Gasteiger partial charge in [0.05, 0.1) is 29.0 Å². The molecule has 6 nitrogen and oxygen atoms in total. The number of aryl methyl sites for hydroxylation is 1. The number of ketones is 1. The van der Waals surface area contributed by atoms with Crippen LogP contribution in [-0.4, -0.2) is 39.7 Å².